The van der Waals surface area contributed by atoms with Gasteiger partial charge in [0, 0.05) is 34.1 Å². The fourth-order valence-corrected chi connectivity index (χ4v) is 25.2. The summed E-state index contributed by atoms with van der Waals surface area (Å²) in [6.45, 7) is 13.5. The van der Waals surface area contributed by atoms with Crippen molar-refractivity contribution in [1.29, 1.82) is 0 Å². The Kier molecular flexibility index (Phi) is 24.3. The third kappa shape index (κ3) is 15.8. The third-order valence-electron chi connectivity index (χ3n) is 32.5. The molecule has 4 unspecified atom stereocenters. The lowest BCUT2D eigenvalue weighted by atomic mass is 9.67. The van der Waals surface area contributed by atoms with E-state index in [-0.39, 0.29) is 0 Å². The number of aryl methyl sites for hydroxylation is 2. The van der Waals surface area contributed by atoms with Crippen molar-refractivity contribution in [3.63, 3.8) is 0 Å². The second-order valence-electron chi connectivity index (χ2n) is 40.8. The zero-order chi connectivity index (χ0) is 101. The molecule has 0 aromatic heterocycles. The number of anilines is 6. The van der Waals surface area contributed by atoms with Crippen molar-refractivity contribution in [1.82, 2.24) is 0 Å². The lowest BCUT2D eigenvalue weighted by Gasteiger charge is -2.36. The van der Waals surface area contributed by atoms with Crippen LogP contribution < -0.4 is 19.3 Å². The van der Waals surface area contributed by atoms with Crippen LogP contribution in [0.1, 0.15) is 164 Å². The molecule has 0 aliphatic heterocycles. The third-order valence-corrected chi connectivity index (χ3v) is 32.5. The van der Waals surface area contributed by atoms with Crippen LogP contribution in [-0.4, -0.2) is 0 Å². The molecule has 26 rings (SSSR count). The topological polar surface area (TPSA) is 24.9 Å². The van der Waals surface area contributed by atoms with Crippen LogP contribution in [0.25, 0.3) is 66.8 Å². The molecule has 720 valence electrons. The van der Waals surface area contributed by atoms with E-state index < -0.39 is 21.7 Å². The molecule has 4 aliphatic rings. The summed E-state index contributed by atoms with van der Waals surface area (Å²) in [5, 5.41) is 0. The summed E-state index contributed by atoms with van der Waals surface area (Å²) in [7, 11) is 0. The van der Waals surface area contributed by atoms with Crippen molar-refractivity contribution in [3.05, 3.63) is 657 Å². The molecule has 4 heteroatoms. The Morgan fingerprint density at radius 2 is 0.387 bits per heavy atom. The number of nitrogens with zero attached hydrogens (tertiary/aromatic N) is 2. The number of ether oxygens (including phenoxy) is 2. The van der Waals surface area contributed by atoms with Crippen molar-refractivity contribution in [3.8, 4) is 89.8 Å². The molecule has 150 heavy (non-hydrogen) atoms. The molecule has 0 saturated heterocycles. The minimum atomic E-state index is -0.659. The second kappa shape index (κ2) is 39.1. The second-order valence-corrected chi connectivity index (χ2v) is 40.8. The first-order chi connectivity index (χ1) is 73.9. The molecule has 0 bridgehead atoms. The van der Waals surface area contributed by atoms with Gasteiger partial charge in [-0.2, -0.15) is 0 Å². The fourth-order valence-electron chi connectivity index (χ4n) is 25.2. The molecule has 4 aliphatic carbocycles. The van der Waals surface area contributed by atoms with Gasteiger partial charge >= 0.3 is 0 Å². The summed E-state index contributed by atoms with van der Waals surface area (Å²) in [4.78, 5) is 4.96. The molecule has 22 aromatic rings. The molecule has 0 fully saturated rings. The molecule has 0 spiro atoms. The van der Waals surface area contributed by atoms with Gasteiger partial charge < -0.3 is 19.3 Å². The van der Waals surface area contributed by atoms with Crippen molar-refractivity contribution in [2.75, 3.05) is 9.80 Å². The van der Waals surface area contributed by atoms with Gasteiger partial charge in [-0.05, 0) is 327 Å². The highest BCUT2D eigenvalue weighted by molar-refractivity contribution is 5.96. The van der Waals surface area contributed by atoms with Gasteiger partial charge in [-0.1, -0.05) is 463 Å². The quantitative estimate of drug-likeness (QED) is 0.0602. The summed E-state index contributed by atoms with van der Waals surface area (Å²) < 4.78 is 13.1. The van der Waals surface area contributed by atoms with Crippen molar-refractivity contribution < 1.29 is 9.47 Å². The summed E-state index contributed by atoms with van der Waals surface area (Å²) in [5.74, 6) is 4.29. The average Bonchev–Trinajstić information content (AvgIpc) is 1.55. The molecule has 0 saturated carbocycles. The lowest BCUT2D eigenvalue weighted by Crippen LogP contribution is -2.29. The molecule has 22 aromatic carbocycles. The van der Waals surface area contributed by atoms with E-state index in [9.17, 15) is 0 Å². The largest absolute Gasteiger partial charge is 0.457 e. The summed E-state index contributed by atoms with van der Waals surface area (Å²) in [6, 6.07) is 202. The molecule has 0 amide bonds. The van der Waals surface area contributed by atoms with E-state index >= 15 is 0 Å². The van der Waals surface area contributed by atoms with Crippen LogP contribution in [0.5, 0.6) is 23.0 Å². The van der Waals surface area contributed by atoms with E-state index in [1.807, 2.05) is 0 Å². The Bertz CT molecular complexity index is 8600. The number of benzene rings is 22. The number of rotatable bonds is 24. The van der Waals surface area contributed by atoms with E-state index in [1.165, 1.54) is 178 Å². The molecule has 4 nitrogen and oxygen atoms in total. The minimum absolute atomic E-state index is 0.504. The Morgan fingerprint density at radius 1 is 0.180 bits per heavy atom. The van der Waals surface area contributed by atoms with E-state index in [0.29, 0.717) is 11.8 Å². The van der Waals surface area contributed by atoms with Crippen LogP contribution in [-0.2, 0) is 21.7 Å². The Morgan fingerprint density at radius 3 is 0.647 bits per heavy atom. The average molecular weight is 1930 g/mol. The van der Waals surface area contributed by atoms with Crippen LogP contribution in [0.15, 0.2) is 546 Å². The maximum absolute atomic E-state index is 6.58. The predicted molar refractivity (Wildman–Crippen MR) is 622 cm³/mol. The van der Waals surface area contributed by atoms with Gasteiger partial charge in [-0.15, -0.1) is 0 Å². The molecule has 4 atom stereocenters. The number of fused-ring (bicyclic) bond motifs is 12. The SMILES string of the molecule is CCC(C)c1ccc(Oc2ccc(C3(c4cc(C)cc(C)c4)c4ccccc4-c4ccc(N(c5ccc(-c6ccccc6)cc5)c5ccc6c(c5)C(c5ccccc5)(c5ccccc5)c5ccccc5-6)cc43)cc2)cc1.CCC(C)c1ccc(Oc2ccc(C3(c4ccccc4)c4ccccc4-c4ccc(N(c5ccc(-c6ccccc6)cc5)c5ccc6c(c5)C(c5ccccc5)(c5ccccc5)c5ccccc5-6)cc43)cc2)cc1. The van der Waals surface area contributed by atoms with Gasteiger partial charge in [0.25, 0.3) is 0 Å². The van der Waals surface area contributed by atoms with Crippen LogP contribution in [0.2, 0.25) is 0 Å². The predicted octanol–water partition coefficient (Wildman–Crippen LogP) is 38.3. The van der Waals surface area contributed by atoms with Crippen molar-refractivity contribution >= 4 is 34.1 Å². The lowest BCUT2D eigenvalue weighted by molar-refractivity contribution is 0.481. The molecular formula is C146H114N2O2. The van der Waals surface area contributed by atoms with Gasteiger partial charge in [-0.3, -0.25) is 0 Å². The molecule has 0 heterocycles. The molecule has 0 N–H and O–H groups in total. The van der Waals surface area contributed by atoms with Gasteiger partial charge in [-0.25, -0.2) is 0 Å². The van der Waals surface area contributed by atoms with Gasteiger partial charge in [0.2, 0.25) is 0 Å². The minimum Gasteiger partial charge on any atom is -0.457 e. The Labute approximate surface area is 881 Å². The number of hydrogen-bond donors (Lipinski definition) is 0. The normalized spacial score (nSPS) is 15.0. The summed E-state index contributed by atoms with van der Waals surface area (Å²) >= 11 is 0. The van der Waals surface area contributed by atoms with E-state index in [0.717, 1.165) is 70.0 Å². The Balaban J connectivity index is 0.000000155. The van der Waals surface area contributed by atoms with E-state index in [4.69, 9.17) is 9.47 Å². The first-order valence-electron chi connectivity index (χ1n) is 52.9. The monoisotopic (exact) mass is 1930 g/mol. The maximum atomic E-state index is 6.58. The van der Waals surface area contributed by atoms with Gasteiger partial charge in [0.15, 0.2) is 0 Å². The summed E-state index contributed by atoms with van der Waals surface area (Å²) in [5.41, 5.74) is 43.8. The molecular weight excluding hydrogens is 1810 g/mol. The van der Waals surface area contributed by atoms with Crippen molar-refractivity contribution in [2.24, 2.45) is 0 Å². The highest BCUT2D eigenvalue weighted by Gasteiger charge is 2.52. The fraction of sp³-hybridized carbons (Fsp3) is 0.0959. The maximum Gasteiger partial charge on any atom is 0.127 e. The van der Waals surface area contributed by atoms with Crippen LogP contribution >= 0.6 is 0 Å². The molecule has 0 radical (unpaired) electrons. The van der Waals surface area contributed by atoms with Crippen LogP contribution in [0.3, 0.4) is 0 Å². The summed E-state index contributed by atoms with van der Waals surface area (Å²) in [6.07, 6.45) is 2.21. The van der Waals surface area contributed by atoms with E-state index in [2.05, 4.69) is 597 Å². The number of hydrogen-bond acceptors (Lipinski definition) is 4. The standard InChI is InChI=1S/C74H59NO.C72H55NO/c1-5-52(4)53-31-39-63(40-32-53)76-64-41-33-58(34-42-64)74(59-46-50(2)45-51(3)47-59)70-28-18-16-26-66(70)68-44-38-62(49-72(68)74)75(60-35-29-55(30-36-60)54-19-9-6-10-20-54)61-37-43-67-65-25-15-17-27-69(65)73(71(67)48-61,56-21-11-7-12-22-56)57-23-13-8-14-24-57;1-3-50(2)51-34-42-61(43-35-51)74-62-44-36-57(37-45-62)72(56-26-14-7-15-27-56)68-31-19-17-29-64(68)66-47-41-60(49-70(66)72)73(58-38-32-53(33-39-58)52-20-8-4-9-21-52)59-40-46-65-63-28-16-18-30-67(63)71(69(65)48-59,54-22-10-5-11-23-54)55-24-12-6-13-25-55/h6-49,52H,5H2,1-4H3;4-50H,3H2,1-2H3. The zero-order valence-corrected chi connectivity index (χ0v) is 85.2. The highest BCUT2D eigenvalue weighted by Crippen LogP contribution is 2.64. The van der Waals surface area contributed by atoms with E-state index in [1.54, 1.807) is 0 Å². The highest BCUT2D eigenvalue weighted by atomic mass is 16.5. The van der Waals surface area contributed by atoms with Crippen LogP contribution in [0.4, 0.5) is 34.1 Å². The Hall–Kier alpha value is -18.0. The smallest absolute Gasteiger partial charge is 0.127 e. The van der Waals surface area contributed by atoms with Gasteiger partial charge in [0.05, 0.1) is 21.7 Å². The first kappa shape index (κ1) is 93.1. The zero-order valence-electron chi connectivity index (χ0n) is 85.2. The van der Waals surface area contributed by atoms with Crippen molar-refractivity contribution in [2.45, 2.75) is 87.9 Å². The van der Waals surface area contributed by atoms with Crippen LogP contribution in [0, 0.1) is 13.8 Å². The first-order valence-corrected chi connectivity index (χ1v) is 52.9. The van der Waals surface area contributed by atoms with Gasteiger partial charge in [0.1, 0.15) is 23.0 Å².